The molecule has 0 radical (unpaired) electrons. The van der Waals surface area contributed by atoms with Gasteiger partial charge in [-0.05, 0) is 18.9 Å². The molecule has 2 heterocycles. The molecule has 1 unspecified atom stereocenters. The lowest BCUT2D eigenvalue weighted by molar-refractivity contribution is -0.108. The molecule has 1 saturated heterocycles. The van der Waals surface area contributed by atoms with Gasteiger partial charge in [-0.1, -0.05) is 24.7 Å². The Morgan fingerprint density at radius 3 is 3.05 bits per heavy atom. The molecule has 2 aliphatic rings. The zero-order valence-electron chi connectivity index (χ0n) is 12.3. The maximum absolute atomic E-state index is 6.12. The molecule has 4 heteroatoms. The van der Waals surface area contributed by atoms with E-state index in [9.17, 15) is 0 Å². The summed E-state index contributed by atoms with van der Waals surface area (Å²) in [6.07, 6.45) is 10.5. The molecule has 2 N–H and O–H groups in total. The minimum Gasteiger partial charge on any atom is -0.489 e. The molecule has 1 aromatic heterocycles. The van der Waals surface area contributed by atoms with E-state index in [2.05, 4.69) is 16.8 Å². The van der Waals surface area contributed by atoms with Crippen LogP contribution in [-0.4, -0.2) is 29.8 Å². The van der Waals surface area contributed by atoms with Crippen molar-refractivity contribution in [1.29, 1.82) is 0 Å². The zero-order chi connectivity index (χ0) is 14.5. The SMILES string of the molecule is NCC#Cc1cncc(OC2CCOC3(CCCC3)C2)c1. The molecule has 0 aromatic carbocycles. The van der Waals surface area contributed by atoms with Gasteiger partial charge in [-0.25, -0.2) is 0 Å². The van der Waals surface area contributed by atoms with Crippen LogP contribution in [0.1, 0.15) is 44.1 Å². The molecule has 1 aliphatic carbocycles. The van der Waals surface area contributed by atoms with Crippen molar-refractivity contribution in [2.24, 2.45) is 5.73 Å². The third kappa shape index (κ3) is 3.55. The Hall–Kier alpha value is -1.57. The van der Waals surface area contributed by atoms with Crippen molar-refractivity contribution in [3.8, 4) is 17.6 Å². The first-order valence-corrected chi connectivity index (χ1v) is 7.74. The standard InChI is InChI=1S/C17H22N2O2/c18-8-3-4-14-10-16(13-19-12-14)21-15-5-9-20-17(11-15)6-1-2-7-17/h10,12-13,15H,1-2,5-9,11,18H2. The Morgan fingerprint density at radius 2 is 2.24 bits per heavy atom. The van der Waals surface area contributed by atoms with Gasteiger partial charge >= 0.3 is 0 Å². The van der Waals surface area contributed by atoms with E-state index < -0.39 is 0 Å². The van der Waals surface area contributed by atoms with Crippen LogP contribution in [0.5, 0.6) is 5.75 Å². The molecule has 1 saturated carbocycles. The van der Waals surface area contributed by atoms with Gasteiger partial charge in [-0.3, -0.25) is 4.98 Å². The summed E-state index contributed by atoms with van der Waals surface area (Å²) in [6.45, 7) is 1.15. The van der Waals surface area contributed by atoms with Crippen LogP contribution in [0.15, 0.2) is 18.5 Å². The van der Waals surface area contributed by atoms with Gasteiger partial charge in [-0.2, -0.15) is 0 Å². The highest BCUT2D eigenvalue weighted by molar-refractivity contribution is 5.37. The predicted octanol–water partition coefficient (Wildman–Crippen LogP) is 2.26. The summed E-state index contributed by atoms with van der Waals surface area (Å²) >= 11 is 0. The van der Waals surface area contributed by atoms with Gasteiger partial charge in [0.15, 0.2) is 0 Å². The van der Waals surface area contributed by atoms with Crippen molar-refractivity contribution in [1.82, 2.24) is 4.98 Å². The van der Waals surface area contributed by atoms with E-state index >= 15 is 0 Å². The number of aromatic nitrogens is 1. The maximum Gasteiger partial charge on any atom is 0.139 e. The van der Waals surface area contributed by atoms with Gasteiger partial charge in [0.25, 0.3) is 0 Å². The molecule has 2 fully saturated rings. The minimum absolute atomic E-state index is 0.0767. The molecule has 21 heavy (non-hydrogen) atoms. The lowest BCUT2D eigenvalue weighted by Crippen LogP contribution is -2.41. The lowest BCUT2D eigenvalue weighted by atomic mass is 9.90. The van der Waals surface area contributed by atoms with Gasteiger partial charge in [0, 0.05) is 24.6 Å². The van der Waals surface area contributed by atoms with E-state index in [1.165, 1.54) is 25.7 Å². The average Bonchev–Trinajstić information content (AvgIpc) is 2.93. The maximum atomic E-state index is 6.12. The second kappa shape index (κ2) is 6.46. The Bertz CT molecular complexity index is 541. The first-order valence-electron chi connectivity index (χ1n) is 7.74. The molecule has 1 aromatic rings. The largest absolute Gasteiger partial charge is 0.489 e. The van der Waals surface area contributed by atoms with Gasteiger partial charge in [-0.15, -0.1) is 0 Å². The summed E-state index contributed by atoms with van der Waals surface area (Å²) in [5.74, 6) is 6.62. The molecule has 0 amide bonds. The normalized spacial score (nSPS) is 23.6. The average molecular weight is 286 g/mol. The predicted molar refractivity (Wildman–Crippen MR) is 81.0 cm³/mol. The van der Waals surface area contributed by atoms with Crippen molar-refractivity contribution < 1.29 is 9.47 Å². The fourth-order valence-corrected chi connectivity index (χ4v) is 3.35. The molecule has 1 aliphatic heterocycles. The minimum atomic E-state index is 0.0767. The number of nitrogens with two attached hydrogens (primary N) is 1. The van der Waals surface area contributed by atoms with E-state index in [4.69, 9.17) is 15.2 Å². The fraction of sp³-hybridized carbons (Fsp3) is 0.588. The van der Waals surface area contributed by atoms with E-state index in [1.54, 1.807) is 12.4 Å². The summed E-state index contributed by atoms with van der Waals surface area (Å²) in [5, 5.41) is 0. The van der Waals surface area contributed by atoms with E-state index in [0.29, 0.717) is 6.54 Å². The van der Waals surface area contributed by atoms with Gasteiger partial charge in [0.05, 0.1) is 24.9 Å². The zero-order valence-corrected chi connectivity index (χ0v) is 12.3. The first-order chi connectivity index (χ1) is 10.3. The van der Waals surface area contributed by atoms with Crippen LogP contribution in [0.3, 0.4) is 0 Å². The van der Waals surface area contributed by atoms with Crippen LogP contribution in [0.25, 0.3) is 0 Å². The fourth-order valence-electron chi connectivity index (χ4n) is 3.35. The van der Waals surface area contributed by atoms with Crippen molar-refractivity contribution in [2.75, 3.05) is 13.2 Å². The third-order valence-electron chi connectivity index (χ3n) is 4.31. The number of ether oxygens (including phenoxy) is 2. The molecular formula is C17H22N2O2. The van der Waals surface area contributed by atoms with Crippen molar-refractivity contribution in [2.45, 2.75) is 50.2 Å². The summed E-state index contributed by atoms with van der Waals surface area (Å²) in [7, 11) is 0. The Labute approximate surface area is 126 Å². The molecule has 3 rings (SSSR count). The second-order valence-electron chi connectivity index (χ2n) is 5.89. The summed E-state index contributed by atoms with van der Waals surface area (Å²) in [6, 6.07) is 1.94. The van der Waals surface area contributed by atoms with Crippen LogP contribution in [-0.2, 0) is 4.74 Å². The third-order valence-corrected chi connectivity index (χ3v) is 4.31. The van der Waals surface area contributed by atoms with Gasteiger partial charge in [0.2, 0.25) is 0 Å². The van der Waals surface area contributed by atoms with Crippen LogP contribution in [0.4, 0.5) is 0 Å². The topological polar surface area (TPSA) is 57.4 Å². The number of nitrogens with zero attached hydrogens (tertiary/aromatic N) is 1. The quantitative estimate of drug-likeness (QED) is 0.847. The summed E-state index contributed by atoms with van der Waals surface area (Å²) < 4.78 is 12.2. The molecular weight excluding hydrogens is 264 g/mol. The first kappa shape index (κ1) is 14.4. The number of rotatable bonds is 2. The monoisotopic (exact) mass is 286 g/mol. The highest BCUT2D eigenvalue weighted by Crippen LogP contribution is 2.40. The van der Waals surface area contributed by atoms with Crippen LogP contribution in [0, 0.1) is 11.8 Å². The van der Waals surface area contributed by atoms with Gasteiger partial charge in [0.1, 0.15) is 11.9 Å². The molecule has 1 spiro atoms. The Balaban J connectivity index is 1.65. The lowest BCUT2D eigenvalue weighted by Gasteiger charge is -2.38. The smallest absolute Gasteiger partial charge is 0.139 e. The van der Waals surface area contributed by atoms with E-state index in [1.807, 2.05) is 6.07 Å². The van der Waals surface area contributed by atoms with Crippen molar-refractivity contribution in [3.63, 3.8) is 0 Å². The van der Waals surface area contributed by atoms with Crippen LogP contribution in [0.2, 0.25) is 0 Å². The van der Waals surface area contributed by atoms with E-state index in [0.717, 1.165) is 30.8 Å². The van der Waals surface area contributed by atoms with Crippen LogP contribution < -0.4 is 10.5 Å². The number of hydrogen-bond donors (Lipinski definition) is 1. The molecule has 112 valence electrons. The molecule has 4 nitrogen and oxygen atoms in total. The summed E-state index contributed by atoms with van der Waals surface area (Å²) in [4.78, 5) is 4.19. The molecule has 1 atom stereocenters. The summed E-state index contributed by atoms with van der Waals surface area (Å²) in [5.41, 5.74) is 6.32. The van der Waals surface area contributed by atoms with Gasteiger partial charge < -0.3 is 15.2 Å². The van der Waals surface area contributed by atoms with Crippen molar-refractivity contribution in [3.05, 3.63) is 24.0 Å². The highest BCUT2D eigenvalue weighted by Gasteiger charge is 2.40. The Morgan fingerprint density at radius 1 is 1.38 bits per heavy atom. The highest BCUT2D eigenvalue weighted by atomic mass is 16.5. The van der Waals surface area contributed by atoms with E-state index in [-0.39, 0.29) is 11.7 Å². The number of hydrogen-bond acceptors (Lipinski definition) is 4. The molecule has 0 bridgehead atoms. The number of pyridine rings is 1. The van der Waals surface area contributed by atoms with Crippen LogP contribution >= 0.6 is 0 Å². The Kier molecular flexibility index (Phi) is 4.42. The second-order valence-corrected chi connectivity index (χ2v) is 5.89. The van der Waals surface area contributed by atoms with Crippen molar-refractivity contribution >= 4 is 0 Å².